The molecule has 0 saturated carbocycles. The van der Waals surface area contributed by atoms with Crippen molar-refractivity contribution in [2.75, 3.05) is 13.6 Å². The van der Waals surface area contributed by atoms with Gasteiger partial charge >= 0.3 is 12.0 Å². The zero-order valence-corrected chi connectivity index (χ0v) is 12.4. The second kappa shape index (κ2) is 8.26. The molecule has 3 N–H and O–H groups in total. The number of carbonyl (C=O) groups is 2. The second-order valence-corrected chi connectivity index (χ2v) is 5.06. The molecule has 0 aliphatic heterocycles. The smallest absolute Gasteiger partial charge is 0.317 e. The van der Waals surface area contributed by atoms with Crippen molar-refractivity contribution in [2.24, 2.45) is 0 Å². The van der Waals surface area contributed by atoms with Gasteiger partial charge in [-0.05, 0) is 24.5 Å². The fraction of sp³-hybridized carbons (Fsp3) is 0.467. The second-order valence-electron chi connectivity index (χ2n) is 5.06. The zero-order chi connectivity index (χ0) is 15.8. The van der Waals surface area contributed by atoms with Crippen LogP contribution < -0.4 is 5.32 Å². The first-order valence-corrected chi connectivity index (χ1v) is 6.85. The number of carboxylic acids is 1. The topological polar surface area (TPSA) is 89.9 Å². The highest BCUT2D eigenvalue weighted by Crippen LogP contribution is 2.09. The molecule has 0 saturated heterocycles. The van der Waals surface area contributed by atoms with E-state index in [9.17, 15) is 14.7 Å². The van der Waals surface area contributed by atoms with Crippen molar-refractivity contribution in [3.63, 3.8) is 0 Å². The minimum Gasteiger partial charge on any atom is -0.481 e. The van der Waals surface area contributed by atoms with Gasteiger partial charge in [-0.15, -0.1) is 0 Å². The van der Waals surface area contributed by atoms with Crippen LogP contribution in [0.1, 0.15) is 24.5 Å². The van der Waals surface area contributed by atoms with Crippen LogP contribution in [0.25, 0.3) is 0 Å². The number of nitrogens with one attached hydrogen (secondary N) is 1. The van der Waals surface area contributed by atoms with E-state index >= 15 is 0 Å². The van der Waals surface area contributed by atoms with Gasteiger partial charge in [-0.25, -0.2) is 4.79 Å². The van der Waals surface area contributed by atoms with E-state index in [1.165, 1.54) is 4.90 Å². The van der Waals surface area contributed by atoms with Crippen LogP contribution >= 0.6 is 0 Å². The van der Waals surface area contributed by atoms with Crippen LogP contribution in [-0.2, 0) is 17.8 Å². The Balaban J connectivity index is 2.54. The summed E-state index contributed by atoms with van der Waals surface area (Å²) in [5, 5.41) is 20.8. The van der Waals surface area contributed by atoms with Crippen molar-refractivity contribution in [3.05, 3.63) is 35.4 Å². The minimum absolute atomic E-state index is 0.0656. The van der Waals surface area contributed by atoms with Gasteiger partial charge in [0, 0.05) is 20.1 Å². The third-order valence-corrected chi connectivity index (χ3v) is 3.12. The number of benzene rings is 1. The summed E-state index contributed by atoms with van der Waals surface area (Å²) in [5.74, 6) is -0.900. The monoisotopic (exact) mass is 294 g/mol. The number of rotatable bonds is 7. The lowest BCUT2D eigenvalue weighted by Gasteiger charge is -2.19. The summed E-state index contributed by atoms with van der Waals surface area (Å²) in [6.07, 6.45) is 0.000203. The summed E-state index contributed by atoms with van der Waals surface area (Å²) in [7, 11) is 1.65. The van der Waals surface area contributed by atoms with Crippen LogP contribution in [-0.4, -0.2) is 46.8 Å². The standard InChI is InChI=1S/C15H22N2O4/c1-11(18)7-8-17(2)15(21)16-10-13-6-4-3-5-12(13)9-14(19)20/h3-6,11,18H,7-10H2,1-2H3,(H,16,21)(H,19,20). The first-order valence-electron chi connectivity index (χ1n) is 6.85. The molecule has 0 aromatic heterocycles. The molecule has 0 spiro atoms. The van der Waals surface area contributed by atoms with Crippen molar-refractivity contribution in [3.8, 4) is 0 Å². The SMILES string of the molecule is CC(O)CCN(C)C(=O)NCc1ccccc1CC(=O)O. The molecule has 0 heterocycles. The Labute approximate surface area is 124 Å². The summed E-state index contributed by atoms with van der Waals surface area (Å²) < 4.78 is 0. The van der Waals surface area contributed by atoms with Crippen molar-refractivity contribution in [2.45, 2.75) is 32.4 Å². The lowest BCUT2D eigenvalue weighted by atomic mass is 10.0. The first-order chi connectivity index (χ1) is 9.90. The maximum atomic E-state index is 11.9. The molecule has 116 valence electrons. The van der Waals surface area contributed by atoms with E-state index in [-0.39, 0.29) is 19.0 Å². The van der Waals surface area contributed by atoms with Gasteiger partial charge in [0.25, 0.3) is 0 Å². The zero-order valence-electron chi connectivity index (χ0n) is 12.4. The highest BCUT2D eigenvalue weighted by atomic mass is 16.4. The molecule has 0 radical (unpaired) electrons. The van der Waals surface area contributed by atoms with Crippen molar-refractivity contribution < 1.29 is 19.8 Å². The molecule has 6 heteroatoms. The Bertz CT molecular complexity index is 488. The maximum Gasteiger partial charge on any atom is 0.317 e. The van der Waals surface area contributed by atoms with E-state index in [0.29, 0.717) is 18.5 Å². The normalized spacial score (nSPS) is 11.8. The van der Waals surface area contributed by atoms with E-state index in [0.717, 1.165) is 5.56 Å². The van der Waals surface area contributed by atoms with E-state index in [2.05, 4.69) is 5.32 Å². The number of aliphatic hydroxyl groups is 1. The van der Waals surface area contributed by atoms with Crippen LogP contribution in [0.2, 0.25) is 0 Å². The van der Waals surface area contributed by atoms with E-state index in [4.69, 9.17) is 5.11 Å². The molecule has 21 heavy (non-hydrogen) atoms. The molecule has 2 amide bonds. The molecule has 1 aromatic rings. The maximum absolute atomic E-state index is 11.9. The average molecular weight is 294 g/mol. The quantitative estimate of drug-likeness (QED) is 0.705. The number of hydrogen-bond acceptors (Lipinski definition) is 3. The summed E-state index contributed by atoms with van der Waals surface area (Å²) in [5.41, 5.74) is 1.48. The molecule has 0 fully saturated rings. The van der Waals surface area contributed by atoms with Crippen molar-refractivity contribution >= 4 is 12.0 Å². The fourth-order valence-corrected chi connectivity index (χ4v) is 1.85. The van der Waals surface area contributed by atoms with E-state index < -0.39 is 12.1 Å². The number of aliphatic carboxylic acids is 1. The summed E-state index contributed by atoms with van der Waals surface area (Å²) >= 11 is 0. The van der Waals surface area contributed by atoms with E-state index in [1.54, 1.807) is 32.2 Å². The number of nitrogens with zero attached hydrogens (tertiary/aromatic N) is 1. The fourth-order valence-electron chi connectivity index (χ4n) is 1.85. The van der Waals surface area contributed by atoms with E-state index in [1.807, 2.05) is 6.07 Å². The minimum atomic E-state index is -0.900. The van der Waals surface area contributed by atoms with Crippen LogP contribution in [0.5, 0.6) is 0 Å². The highest BCUT2D eigenvalue weighted by molar-refractivity contribution is 5.74. The van der Waals surface area contributed by atoms with Gasteiger partial charge in [0.1, 0.15) is 0 Å². The first kappa shape index (κ1) is 17.0. The van der Waals surface area contributed by atoms with Gasteiger partial charge in [0.15, 0.2) is 0 Å². The third kappa shape index (κ3) is 6.27. The molecule has 0 aliphatic rings. The number of urea groups is 1. The Kier molecular flexibility index (Phi) is 6.68. The lowest BCUT2D eigenvalue weighted by molar-refractivity contribution is -0.136. The molecule has 1 aromatic carbocycles. The highest BCUT2D eigenvalue weighted by Gasteiger charge is 2.11. The lowest BCUT2D eigenvalue weighted by Crippen LogP contribution is -2.38. The predicted molar refractivity (Wildman–Crippen MR) is 78.9 cm³/mol. The predicted octanol–water partition coefficient (Wildman–Crippen LogP) is 1.23. The van der Waals surface area contributed by atoms with Crippen LogP contribution in [0.3, 0.4) is 0 Å². The van der Waals surface area contributed by atoms with Gasteiger partial charge in [-0.3, -0.25) is 4.79 Å². The van der Waals surface area contributed by atoms with Gasteiger partial charge in [0.05, 0.1) is 12.5 Å². The summed E-state index contributed by atoms with van der Waals surface area (Å²) in [6, 6.07) is 6.88. The van der Waals surface area contributed by atoms with Gasteiger partial charge in [0.2, 0.25) is 0 Å². The molecule has 6 nitrogen and oxygen atoms in total. The van der Waals surface area contributed by atoms with Gasteiger partial charge < -0.3 is 20.4 Å². The molecule has 0 aliphatic carbocycles. The summed E-state index contributed by atoms with van der Waals surface area (Å²) in [6.45, 7) is 2.41. The van der Waals surface area contributed by atoms with Crippen LogP contribution in [0.15, 0.2) is 24.3 Å². The number of hydrogen-bond donors (Lipinski definition) is 3. The number of aliphatic hydroxyl groups excluding tert-OH is 1. The van der Waals surface area contributed by atoms with Gasteiger partial charge in [-0.1, -0.05) is 24.3 Å². The third-order valence-electron chi connectivity index (χ3n) is 3.12. The Morgan fingerprint density at radius 3 is 2.48 bits per heavy atom. The molecular weight excluding hydrogens is 272 g/mol. The Morgan fingerprint density at radius 2 is 1.90 bits per heavy atom. The number of carboxylic acid groups (broad SMARTS) is 1. The number of amides is 2. The van der Waals surface area contributed by atoms with Crippen LogP contribution in [0.4, 0.5) is 4.79 Å². The number of carbonyl (C=O) groups excluding carboxylic acids is 1. The largest absolute Gasteiger partial charge is 0.481 e. The molecule has 1 unspecified atom stereocenters. The van der Waals surface area contributed by atoms with Crippen molar-refractivity contribution in [1.29, 1.82) is 0 Å². The molecule has 0 bridgehead atoms. The molecule has 1 rings (SSSR count). The summed E-state index contributed by atoms with van der Waals surface area (Å²) in [4.78, 5) is 24.2. The molecule has 1 atom stereocenters. The molecular formula is C15H22N2O4. The Morgan fingerprint density at radius 1 is 1.29 bits per heavy atom. The van der Waals surface area contributed by atoms with Crippen LogP contribution in [0, 0.1) is 0 Å². The Hall–Kier alpha value is -2.08. The van der Waals surface area contributed by atoms with Crippen molar-refractivity contribution in [1.82, 2.24) is 10.2 Å². The average Bonchev–Trinajstić information content (AvgIpc) is 2.42. The van der Waals surface area contributed by atoms with Gasteiger partial charge in [-0.2, -0.15) is 0 Å².